The number of hydrogen-bond donors (Lipinski definition) is 1. The van der Waals surface area contributed by atoms with Crippen LogP contribution >= 0.6 is 11.6 Å². The topological polar surface area (TPSA) is 56.7 Å². The standard InChI is InChI=1S/C9H9ClN4/c1-6-8(10)9(11)14(13-6)7-4-2-3-5-12-7/h2-5H,11H2,1H3. The lowest BCUT2D eigenvalue weighted by Gasteiger charge is -2.00. The van der Waals surface area contributed by atoms with Gasteiger partial charge in [0.1, 0.15) is 10.8 Å². The predicted molar refractivity (Wildman–Crippen MR) is 55.5 cm³/mol. The molecule has 2 rings (SSSR count). The molecule has 2 aromatic rings. The minimum absolute atomic E-state index is 0.419. The Morgan fingerprint density at radius 3 is 2.71 bits per heavy atom. The zero-order valence-corrected chi connectivity index (χ0v) is 8.36. The van der Waals surface area contributed by atoms with Gasteiger partial charge in [0.25, 0.3) is 0 Å². The van der Waals surface area contributed by atoms with Crippen LogP contribution in [0.3, 0.4) is 0 Å². The van der Waals surface area contributed by atoms with E-state index in [0.717, 1.165) is 0 Å². The van der Waals surface area contributed by atoms with Crippen molar-refractivity contribution in [3.63, 3.8) is 0 Å². The van der Waals surface area contributed by atoms with Gasteiger partial charge in [-0.1, -0.05) is 17.7 Å². The SMILES string of the molecule is Cc1nn(-c2ccccn2)c(N)c1Cl. The number of aryl methyl sites for hydroxylation is 1. The minimum Gasteiger partial charge on any atom is -0.382 e. The number of hydrogen-bond acceptors (Lipinski definition) is 3. The third-order valence-electron chi connectivity index (χ3n) is 1.89. The number of nitrogen functional groups attached to an aromatic ring is 1. The molecule has 0 atom stereocenters. The van der Waals surface area contributed by atoms with Gasteiger partial charge in [-0.05, 0) is 19.1 Å². The minimum atomic E-state index is 0.419. The summed E-state index contributed by atoms with van der Waals surface area (Å²) < 4.78 is 1.53. The molecule has 0 fully saturated rings. The predicted octanol–water partition coefficient (Wildman–Crippen LogP) is 1.81. The van der Waals surface area contributed by atoms with E-state index in [1.807, 2.05) is 18.2 Å². The molecule has 4 nitrogen and oxygen atoms in total. The molecule has 0 aromatic carbocycles. The highest BCUT2D eigenvalue weighted by Crippen LogP contribution is 2.24. The van der Waals surface area contributed by atoms with Crippen molar-refractivity contribution in [2.75, 3.05) is 5.73 Å². The van der Waals surface area contributed by atoms with Crippen molar-refractivity contribution in [2.24, 2.45) is 0 Å². The average molecular weight is 209 g/mol. The fraction of sp³-hybridized carbons (Fsp3) is 0.111. The Bertz CT molecular complexity index is 449. The number of aromatic nitrogens is 3. The molecule has 0 bridgehead atoms. The van der Waals surface area contributed by atoms with Crippen LogP contribution < -0.4 is 5.73 Å². The van der Waals surface area contributed by atoms with Crippen molar-refractivity contribution in [1.29, 1.82) is 0 Å². The van der Waals surface area contributed by atoms with E-state index < -0.39 is 0 Å². The first kappa shape index (κ1) is 9.02. The number of anilines is 1. The van der Waals surface area contributed by atoms with Crippen LogP contribution in [0, 0.1) is 6.92 Å². The summed E-state index contributed by atoms with van der Waals surface area (Å²) in [6, 6.07) is 5.52. The molecule has 2 heterocycles. The summed E-state index contributed by atoms with van der Waals surface area (Å²) in [5, 5.41) is 4.66. The van der Waals surface area contributed by atoms with Crippen LogP contribution in [0.2, 0.25) is 5.02 Å². The normalized spacial score (nSPS) is 10.4. The van der Waals surface area contributed by atoms with E-state index in [4.69, 9.17) is 17.3 Å². The Balaban J connectivity index is 2.58. The van der Waals surface area contributed by atoms with Gasteiger partial charge in [-0.25, -0.2) is 4.98 Å². The monoisotopic (exact) mass is 208 g/mol. The summed E-state index contributed by atoms with van der Waals surface area (Å²) in [5.74, 6) is 1.09. The molecule has 0 spiro atoms. The summed E-state index contributed by atoms with van der Waals surface area (Å²) in [6.07, 6.45) is 1.68. The van der Waals surface area contributed by atoms with Crippen LogP contribution in [-0.4, -0.2) is 14.8 Å². The second kappa shape index (κ2) is 3.31. The smallest absolute Gasteiger partial charge is 0.155 e. The summed E-state index contributed by atoms with van der Waals surface area (Å²) >= 11 is 5.91. The molecule has 0 aliphatic rings. The first-order valence-electron chi connectivity index (χ1n) is 4.12. The number of rotatable bonds is 1. The van der Waals surface area contributed by atoms with Gasteiger partial charge < -0.3 is 5.73 Å². The largest absolute Gasteiger partial charge is 0.382 e. The lowest BCUT2D eigenvalue weighted by Crippen LogP contribution is -2.03. The van der Waals surface area contributed by atoms with Gasteiger partial charge in [-0.2, -0.15) is 9.78 Å². The molecule has 5 heteroatoms. The van der Waals surface area contributed by atoms with Crippen LogP contribution in [0.15, 0.2) is 24.4 Å². The molecule has 0 amide bonds. The van der Waals surface area contributed by atoms with E-state index in [2.05, 4.69) is 10.1 Å². The third-order valence-corrected chi connectivity index (χ3v) is 2.35. The maximum atomic E-state index is 5.91. The zero-order valence-electron chi connectivity index (χ0n) is 7.61. The number of pyridine rings is 1. The maximum absolute atomic E-state index is 5.91. The number of nitrogens with two attached hydrogens (primary N) is 1. The molecule has 2 aromatic heterocycles. The Kier molecular flexibility index (Phi) is 2.13. The van der Waals surface area contributed by atoms with E-state index in [-0.39, 0.29) is 0 Å². The Labute approximate surface area is 86.3 Å². The lowest BCUT2D eigenvalue weighted by atomic mass is 10.4. The molecule has 72 valence electrons. The molecule has 0 saturated carbocycles. The van der Waals surface area contributed by atoms with Gasteiger partial charge in [-0.3, -0.25) is 0 Å². The molecule has 0 saturated heterocycles. The second-order valence-corrected chi connectivity index (χ2v) is 3.26. The highest BCUT2D eigenvalue weighted by atomic mass is 35.5. The highest BCUT2D eigenvalue weighted by molar-refractivity contribution is 6.33. The Morgan fingerprint density at radius 2 is 2.21 bits per heavy atom. The maximum Gasteiger partial charge on any atom is 0.155 e. The summed E-state index contributed by atoms with van der Waals surface area (Å²) in [4.78, 5) is 4.13. The van der Waals surface area contributed by atoms with Gasteiger partial charge in [0.2, 0.25) is 0 Å². The first-order valence-corrected chi connectivity index (χ1v) is 4.50. The van der Waals surface area contributed by atoms with E-state index >= 15 is 0 Å². The second-order valence-electron chi connectivity index (χ2n) is 2.88. The van der Waals surface area contributed by atoms with E-state index in [1.54, 1.807) is 13.1 Å². The lowest BCUT2D eigenvalue weighted by molar-refractivity contribution is 0.841. The first-order chi connectivity index (χ1) is 6.70. The van der Waals surface area contributed by atoms with E-state index in [0.29, 0.717) is 22.4 Å². The summed E-state index contributed by atoms with van der Waals surface area (Å²) in [5.41, 5.74) is 6.47. The molecule has 0 aliphatic heterocycles. The summed E-state index contributed by atoms with van der Waals surface area (Å²) in [7, 11) is 0. The van der Waals surface area contributed by atoms with Crippen LogP contribution in [0.25, 0.3) is 5.82 Å². The summed E-state index contributed by atoms with van der Waals surface area (Å²) in [6.45, 7) is 1.80. The van der Waals surface area contributed by atoms with Crippen LogP contribution in [0.4, 0.5) is 5.82 Å². The van der Waals surface area contributed by atoms with Crippen molar-refractivity contribution in [3.05, 3.63) is 35.1 Å². The van der Waals surface area contributed by atoms with Gasteiger partial charge in [0.05, 0.1) is 5.69 Å². The van der Waals surface area contributed by atoms with Crippen LogP contribution in [0.1, 0.15) is 5.69 Å². The number of nitrogens with zero attached hydrogens (tertiary/aromatic N) is 3. The van der Waals surface area contributed by atoms with Gasteiger partial charge in [0.15, 0.2) is 5.82 Å². The van der Waals surface area contributed by atoms with Crippen molar-refractivity contribution in [3.8, 4) is 5.82 Å². The quantitative estimate of drug-likeness (QED) is 0.778. The molecule has 0 radical (unpaired) electrons. The molecule has 14 heavy (non-hydrogen) atoms. The molecule has 0 unspecified atom stereocenters. The fourth-order valence-electron chi connectivity index (χ4n) is 1.18. The van der Waals surface area contributed by atoms with E-state index in [9.17, 15) is 0 Å². The van der Waals surface area contributed by atoms with Crippen molar-refractivity contribution in [2.45, 2.75) is 6.92 Å². The Morgan fingerprint density at radius 1 is 1.43 bits per heavy atom. The fourth-order valence-corrected chi connectivity index (χ4v) is 1.30. The van der Waals surface area contributed by atoms with Gasteiger partial charge >= 0.3 is 0 Å². The van der Waals surface area contributed by atoms with Crippen molar-refractivity contribution < 1.29 is 0 Å². The van der Waals surface area contributed by atoms with Crippen molar-refractivity contribution >= 4 is 17.4 Å². The van der Waals surface area contributed by atoms with Crippen LogP contribution in [0.5, 0.6) is 0 Å². The van der Waals surface area contributed by atoms with Gasteiger partial charge in [0, 0.05) is 6.20 Å². The molecular formula is C9H9ClN4. The third kappa shape index (κ3) is 1.33. The highest BCUT2D eigenvalue weighted by Gasteiger charge is 2.11. The number of halogens is 1. The zero-order chi connectivity index (χ0) is 10.1. The molecule has 0 aliphatic carbocycles. The average Bonchev–Trinajstić information content (AvgIpc) is 2.47. The Hall–Kier alpha value is -1.55. The van der Waals surface area contributed by atoms with E-state index in [1.165, 1.54) is 4.68 Å². The van der Waals surface area contributed by atoms with Crippen molar-refractivity contribution in [1.82, 2.24) is 14.8 Å². The molecular weight excluding hydrogens is 200 g/mol. The van der Waals surface area contributed by atoms with Crippen LogP contribution in [-0.2, 0) is 0 Å². The van der Waals surface area contributed by atoms with Gasteiger partial charge in [-0.15, -0.1) is 0 Å². The molecule has 2 N–H and O–H groups in total.